The highest BCUT2D eigenvalue weighted by Crippen LogP contribution is 2.13. The summed E-state index contributed by atoms with van der Waals surface area (Å²) in [6, 6.07) is 10.5. The molecule has 1 aromatic heterocycles. The molecule has 2 aromatic rings. The lowest BCUT2D eigenvalue weighted by Gasteiger charge is -2.11. The van der Waals surface area contributed by atoms with Gasteiger partial charge in [0.2, 0.25) is 0 Å². The molecule has 0 unspecified atom stereocenters. The summed E-state index contributed by atoms with van der Waals surface area (Å²) in [5.74, 6) is 2.72. The maximum Gasteiger partial charge on any atom is 0.191 e. The van der Waals surface area contributed by atoms with Crippen LogP contribution in [0.25, 0.3) is 0 Å². The fraction of sp³-hybridized carbons (Fsp3) is 0.389. The van der Waals surface area contributed by atoms with Crippen molar-refractivity contribution in [1.82, 2.24) is 10.6 Å². The Labute approximate surface area is 155 Å². The van der Waals surface area contributed by atoms with E-state index >= 15 is 0 Å². The van der Waals surface area contributed by atoms with Crippen molar-refractivity contribution in [3.63, 3.8) is 0 Å². The predicted molar refractivity (Wildman–Crippen MR) is 106 cm³/mol. The van der Waals surface area contributed by atoms with Crippen LogP contribution in [0.2, 0.25) is 0 Å². The van der Waals surface area contributed by atoms with E-state index in [1.54, 1.807) is 0 Å². The largest absolute Gasteiger partial charge is 0.466 e. The Hall–Kier alpha value is -1.50. The molecule has 126 valence electrons. The van der Waals surface area contributed by atoms with Gasteiger partial charge in [0.1, 0.15) is 11.5 Å². The van der Waals surface area contributed by atoms with Gasteiger partial charge in [0.05, 0.1) is 6.54 Å². The van der Waals surface area contributed by atoms with Crippen LogP contribution in [0.4, 0.5) is 0 Å². The SMILES string of the molecule is CCNC(=NCc1ccc(C)cc1)NCc1cc(C)oc1C.I. The minimum absolute atomic E-state index is 0. The molecule has 0 saturated heterocycles. The van der Waals surface area contributed by atoms with Gasteiger partial charge in [-0.3, -0.25) is 0 Å². The van der Waals surface area contributed by atoms with Crippen molar-refractivity contribution in [2.45, 2.75) is 40.8 Å². The molecule has 5 heteroatoms. The van der Waals surface area contributed by atoms with Gasteiger partial charge in [-0.15, -0.1) is 24.0 Å². The molecular weight excluding hydrogens is 401 g/mol. The number of rotatable bonds is 5. The van der Waals surface area contributed by atoms with Crippen LogP contribution in [0.1, 0.15) is 35.1 Å². The smallest absolute Gasteiger partial charge is 0.191 e. The Morgan fingerprint density at radius 2 is 1.78 bits per heavy atom. The van der Waals surface area contributed by atoms with Crippen LogP contribution in [0.5, 0.6) is 0 Å². The Balaban J connectivity index is 0.00000264. The van der Waals surface area contributed by atoms with Crippen molar-refractivity contribution in [3.8, 4) is 0 Å². The maximum absolute atomic E-state index is 5.55. The Kier molecular flexibility index (Phi) is 8.16. The van der Waals surface area contributed by atoms with E-state index in [1.165, 1.54) is 16.7 Å². The third kappa shape index (κ3) is 6.25. The van der Waals surface area contributed by atoms with Gasteiger partial charge in [-0.05, 0) is 39.3 Å². The number of hydrogen-bond donors (Lipinski definition) is 2. The molecule has 0 aliphatic carbocycles. The first-order chi connectivity index (χ1) is 10.6. The van der Waals surface area contributed by atoms with Crippen LogP contribution in [-0.2, 0) is 13.1 Å². The summed E-state index contributed by atoms with van der Waals surface area (Å²) in [5, 5.41) is 6.62. The molecule has 2 rings (SSSR count). The van der Waals surface area contributed by atoms with Gasteiger partial charge in [-0.1, -0.05) is 29.8 Å². The van der Waals surface area contributed by atoms with Crippen LogP contribution in [-0.4, -0.2) is 12.5 Å². The van der Waals surface area contributed by atoms with Gasteiger partial charge in [0.25, 0.3) is 0 Å². The minimum atomic E-state index is 0. The second-order valence-electron chi connectivity index (χ2n) is 5.47. The molecule has 0 saturated carbocycles. The van der Waals surface area contributed by atoms with Crippen molar-refractivity contribution in [3.05, 3.63) is 58.5 Å². The van der Waals surface area contributed by atoms with E-state index in [2.05, 4.69) is 59.8 Å². The normalized spacial score (nSPS) is 11.0. The van der Waals surface area contributed by atoms with Crippen molar-refractivity contribution < 1.29 is 4.42 Å². The van der Waals surface area contributed by atoms with Crippen LogP contribution in [0.15, 0.2) is 39.7 Å². The molecule has 1 aromatic carbocycles. The fourth-order valence-corrected chi connectivity index (χ4v) is 2.24. The van der Waals surface area contributed by atoms with Gasteiger partial charge in [0, 0.05) is 18.7 Å². The van der Waals surface area contributed by atoms with Crippen LogP contribution in [0.3, 0.4) is 0 Å². The highest BCUT2D eigenvalue weighted by atomic mass is 127. The number of furan rings is 1. The van der Waals surface area contributed by atoms with Crippen molar-refractivity contribution in [2.24, 2.45) is 4.99 Å². The second-order valence-corrected chi connectivity index (χ2v) is 5.47. The van der Waals surface area contributed by atoms with Crippen molar-refractivity contribution >= 4 is 29.9 Å². The standard InChI is InChI=1S/C18H25N3O.HI/c1-5-19-18(20-11-16-8-6-13(2)7-9-16)21-12-17-10-14(3)22-15(17)4;/h6-10H,5,11-12H2,1-4H3,(H2,19,20,21);1H. The topological polar surface area (TPSA) is 49.6 Å². The Morgan fingerprint density at radius 3 is 2.35 bits per heavy atom. The third-order valence-corrected chi connectivity index (χ3v) is 3.47. The van der Waals surface area contributed by atoms with Crippen LogP contribution >= 0.6 is 24.0 Å². The molecule has 0 atom stereocenters. The zero-order valence-corrected chi connectivity index (χ0v) is 16.6. The van der Waals surface area contributed by atoms with E-state index in [1.807, 2.05) is 13.8 Å². The van der Waals surface area contributed by atoms with E-state index < -0.39 is 0 Å². The lowest BCUT2D eigenvalue weighted by molar-refractivity contribution is 0.500. The number of nitrogens with zero attached hydrogens (tertiary/aromatic N) is 1. The Bertz CT molecular complexity index is 632. The molecule has 0 aliphatic rings. The first-order valence-electron chi connectivity index (χ1n) is 7.72. The van der Waals surface area contributed by atoms with Gasteiger partial charge >= 0.3 is 0 Å². The number of hydrogen-bond acceptors (Lipinski definition) is 2. The number of aryl methyl sites for hydroxylation is 3. The summed E-state index contributed by atoms with van der Waals surface area (Å²) in [6.45, 7) is 10.3. The zero-order valence-electron chi connectivity index (χ0n) is 14.3. The lowest BCUT2D eigenvalue weighted by atomic mass is 10.1. The van der Waals surface area contributed by atoms with Crippen molar-refractivity contribution in [2.75, 3.05) is 6.54 Å². The summed E-state index contributed by atoms with van der Waals surface area (Å²) in [5.41, 5.74) is 3.64. The first kappa shape index (κ1) is 19.5. The summed E-state index contributed by atoms with van der Waals surface area (Å²) >= 11 is 0. The highest BCUT2D eigenvalue weighted by molar-refractivity contribution is 14.0. The van der Waals surface area contributed by atoms with Gasteiger partial charge in [-0.25, -0.2) is 4.99 Å². The molecule has 2 N–H and O–H groups in total. The molecule has 0 radical (unpaired) electrons. The minimum Gasteiger partial charge on any atom is -0.466 e. The molecule has 0 fully saturated rings. The summed E-state index contributed by atoms with van der Waals surface area (Å²) in [4.78, 5) is 4.63. The van der Waals surface area contributed by atoms with E-state index in [9.17, 15) is 0 Å². The predicted octanol–water partition coefficient (Wildman–Crippen LogP) is 4.08. The molecule has 1 heterocycles. The molecule has 0 spiro atoms. The number of nitrogens with one attached hydrogen (secondary N) is 2. The van der Waals surface area contributed by atoms with Gasteiger partial charge in [0.15, 0.2) is 5.96 Å². The summed E-state index contributed by atoms with van der Waals surface area (Å²) in [7, 11) is 0. The Morgan fingerprint density at radius 1 is 1.09 bits per heavy atom. The zero-order chi connectivity index (χ0) is 15.9. The number of halogens is 1. The molecule has 0 amide bonds. The summed E-state index contributed by atoms with van der Waals surface area (Å²) < 4.78 is 5.55. The highest BCUT2D eigenvalue weighted by Gasteiger charge is 2.05. The summed E-state index contributed by atoms with van der Waals surface area (Å²) in [6.07, 6.45) is 0. The molecule has 0 aliphatic heterocycles. The third-order valence-electron chi connectivity index (χ3n) is 3.47. The van der Waals surface area contributed by atoms with E-state index in [-0.39, 0.29) is 24.0 Å². The lowest BCUT2D eigenvalue weighted by Crippen LogP contribution is -2.36. The van der Waals surface area contributed by atoms with Gasteiger partial charge in [-0.2, -0.15) is 0 Å². The number of guanidine groups is 1. The first-order valence-corrected chi connectivity index (χ1v) is 7.72. The average Bonchev–Trinajstić information content (AvgIpc) is 2.81. The van der Waals surface area contributed by atoms with Gasteiger partial charge < -0.3 is 15.1 Å². The average molecular weight is 427 g/mol. The van der Waals surface area contributed by atoms with Crippen LogP contribution < -0.4 is 10.6 Å². The maximum atomic E-state index is 5.55. The molecule has 4 nitrogen and oxygen atoms in total. The quantitative estimate of drug-likeness (QED) is 0.430. The number of aliphatic imine (C=N–C) groups is 1. The molecule has 23 heavy (non-hydrogen) atoms. The van der Waals surface area contributed by atoms with E-state index in [4.69, 9.17) is 4.42 Å². The number of benzene rings is 1. The second kappa shape index (κ2) is 9.60. The molecule has 0 bridgehead atoms. The van der Waals surface area contributed by atoms with Crippen LogP contribution in [0, 0.1) is 20.8 Å². The van der Waals surface area contributed by atoms with E-state index in [0.29, 0.717) is 13.1 Å². The molecular formula is C18H26IN3O. The monoisotopic (exact) mass is 427 g/mol. The van der Waals surface area contributed by atoms with E-state index in [0.717, 1.165) is 24.0 Å². The van der Waals surface area contributed by atoms with Crippen molar-refractivity contribution in [1.29, 1.82) is 0 Å². The fourth-order valence-electron chi connectivity index (χ4n) is 2.24.